The van der Waals surface area contributed by atoms with E-state index in [9.17, 15) is 14.9 Å². The highest BCUT2D eigenvalue weighted by atomic mass is 16.6. The van der Waals surface area contributed by atoms with Gasteiger partial charge in [0.05, 0.1) is 4.92 Å². The third kappa shape index (κ3) is 3.58. The Morgan fingerprint density at radius 2 is 2.28 bits per heavy atom. The SMILES string of the molecule is CCCC=CC(=O)Oc1cccc([N+](=O)[O-])c1N. The normalized spacial score (nSPS) is 10.5. The third-order valence-corrected chi connectivity index (χ3v) is 2.16. The molecule has 0 amide bonds. The van der Waals surface area contributed by atoms with Crippen LogP contribution in [0.1, 0.15) is 19.8 Å². The van der Waals surface area contributed by atoms with Gasteiger partial charge in [-0.25, -0.2) is 4.79 Å². The van der Waals surface area contributed by atoms with Gasteiger partial charge in [0.1, 0.15) is 0 Å². The first-order valence-corrected chi connectivity index (χ1v) is 5.47. The van der Waals surface area contributed by atoms with Crippen molar-refractivity contribution in [2.75, 3.05) is 5.73 Å². The van der Waals surface area contributed by atoms with Crippen molar-refractivity contribution in [3.63, 3.8) is 0 Å². The van der Waals surface area contributed by atoms with Crippen LogP contribution in [0.4, 0.5) is 11.4 Å². The Labute approximate surface area is 104 Å². The summed E-state index contributed by atoms with van der Waals surface area (Å²) in [6.45, 7) is 1.98. The summed E-state index contributed by atoms with van der Waals surface area (Å²) < 4.78 is 4.93. The van der Waals surface area contributed by atoms with Crippen molar-refractivity contribution in [2.45, 2.75) is 19.8 Å². The molecule has 0 unspecified atom stereocenters. The Kier molecular flexibility index (Phi) is 4.86. The van der Waals surface area contributed by atoms with E-state index in [1.165, 1.54) is 24.3 Å². The standard InChI is InChI=1S/C12H14N2O4/c1-2-3-4-8-11(15)18-10-7-5-6-9(12(10)13)14(16)17/h4-8H,2-3,13H2,1H3. The molecular formula is C12H14N2O4. The molecule has 6 heteroatoms. The number of nitrogen functional groups attached to an aromatic ring is 1. The number of nitrogens with two attached hydrogens (primary N) is 1. The molecule has 0 atom stereocenters. The van der Waals surface area contributed by atoms with Crippen LogP contribution in [-0.4, -0.2) is 10.9 Å². The molecule has 2 N–H and O–H groups in total. The van der Waals surface area contributed by atoms with E-state index in [4.69, 9.17) is 10.5 Å². The first-order chi connectivity index (χ1) is 8.56. The second-order valence-corrected chi connectivity index (χ2v) is 3.56. The van der Waals surface area contributed by atoms with Crippen LogP contribution in [0.2, 0.25) is 0 Å². The molecule has 0 saturated carbocycles. The second kappa shape index (κ2) is 6.39. The predicted octanol–water partition coefficient (Wildman–Crippen LogP) is 2.44. The number of anilines is 1. The zero-order valence-electron chi connectivity index (χ0n) is 9.96. The van der Waals surface area contributed by atoms with Crippen molar-refractivity contribution in [2.24, 2.45) is 0 Å². The minimum atomic E-state index is -0.625. The predicted molar refractivity (Wildman–Crippen MR) is 67.2 cm³/mol. The summed E-state index contributed by atoms with van der Waals surface area (Å²) in [5.74, 6) is -0.606. The zero-order valence-corrected chi connectivity index (χ0v) is 9.96. The number of hydrogen-bond donors (Lipinski definition) is 1. The highest BCUT2D eigenvalue weighted by Crippen LogP contribution is 2.30. The van der Waals surface area contributed by atoms with Crippen molar-refractivity contribution >= 4 is 17.3 Å². The fraction of sp³-hybridized carbons (Fsp3) is 0.250. The number of carbonyl (C=O) groups is 1. The molecule has 0 aliphatic heterocycles. The highest BCUT2D eigenvalue weighted by molar-refractivity contribution is 5.85. The van der Waals surface area contributed by atoms with Crippen LogP contribution in [0.3, 0.4) is 0 Å². The molecule has 18 heavy (non-hydrogen) atoms. The van der Waals surface area contributed by atoms with E-state index >= 15 is 0 Å². The van der Waals surface area contributed by atoms with Crippen molar-refractivity contribution in [1.82, 2.24) is 0 Å². The van der Waals surface area contributed by atoms with Crippen molar-refractivity contribution in [3.05, 3.63) is 40.5 Å². The Morgan fingerprint density at radius 3 is 2.89 bits per heavy atom. The van der Waals surface area contributed by atoms with Gasteiger partial charge in [0.15, 0.2) is 11.4 Å². The molecule has 6 nitrogen and oxygen atoms in total. The van der Waals surface area contributed by atoms with Gasteiger partial charge < -0.3 is 10.5 Å². The first kappa shape index (κ1) is 13.7. The average molecular weight is 250 g/mol. The fourth-order valence-electron chi connectivity index (χ4n) is 1.27. The van der Waals surface area contributed by atoms with Crippen LogP contribution in [0.25, 0.3) is 0 Å². The Balaban J connectivity index is 2.82. The molecule has 0 heterocycles. The van der Waals surface area contributed by atoms with Gasteiger partial charge in [-0.05, 0) is 12.5 Å². The Hall–Kier alpha value is -2.37. The topological polar surface area (TPSA) is 95.5 Å². The number of nitro benzene ring substituents is 1. The van der Waals surface area contributed by atoms with Crippen LogP contribution < -0.4 is 10.5 Å². The summed E-state index contributed by atoms with van der Waals surface area (Å²) in [6.07, 6.45) is 4.64. The van der Waals surface area contributed by atoms with Gasteiger partial charge in [-0.2, -0.15) is 0 Å². The molecule has 0 aliphatic rings. The summed E-state index contributed by atoms with van der Waals surface area (Å²) in [5.41, 5.74) is 5.11. The number of allylic oxidation sites excluding steroid dienone is 1. The molecule has 0 radical (unpaired) electrons. The third-order valence-electron chi connectivity index (χ3n) is 2.16. The number of ether oxygens (including phenoxy) is 1. The van der Waals surface area contributed by atoms with Crippen LogP contribution in [0.5, 0.6) is 5.75 Å². The lowest BCUT2D eigenvalue weighted by molar-refractivity contribution is -0.383. The number of benzene rings is 1. The monoisotopic (exact) mass is 250 g/mol. The molecule has 0 spiro atoms. The van der Waals surface area contributed by atoms with E-state index in [1.54, 1.807) is 6.08 Å². The van der Waals surface area contributed by atoms with E-state index in [-0.39, 0.29) is 17.1 Å². The molecule has 0 fully saturated rings. The number of hydrogen-bond acceptors (Lipinski definition) is 5. The summed E-state index contributed by atoms with van der Waals surface area (Å²) in [4.78, 5) is 21.4. The molecule has 0 aliphatic carbocycles. The molecule has 1 aromatic rings. The molecule has 1 aromatic carbocycles. The number of nitrogens with zero attached hydrogens (tertiary/aromatic N) is 1. The largest absolute Gasteiger partial charge is 0.421 e. The zero-order chi connectivity index (χ0) is 13.5. The van der Waals surface area contributed by atoms with E-state index in [1.807, 2.05) is 6.92 Å². The first-order valence-electron chi connectivity index (χ1n) is 5.47. The minimum Gasteiger partial charge on any atom is -0.421 e. The molecule has 1 rings (SSSR count). The minimum absolute atomic E-state index is 0.00431. The molecule has 96 valence electrons. The van der Waals surface area contributed by atoms with Crippen molar-refractivity contribution in [1.29, 1.82) is 0 Å². The number of rotatable bonds is 5. The summed E-state index contributed by atoms with van der Waals surface area (Å²) in [6, 6.07) is 4.07. The van der Waals surface area contributed by atoms with E-state index in [2.05, 4.69) is 0 Å². The van der Waals surface area contributed by atoms with Crippen LogP contribution in [0, 0.1) is 10.1 Å². The van der Waals surface area contributed by atoms with Gasteiger partial charge in [0, 0.05) is 12.1 Å². The molecule has 0 saturated heterocycles. The summed E-state index contributed by atoms with van der Waals surface area (Å²) in [7, 11) is 0. The van der Waals surface area contributed by atoms with Crippen LogP contribution >= 0.6 is 0 Å². The second-order valence-electron chi connectivity index (χ2n) is 3.56. The smallest absolute Gasteiger partial charge is 0.335 e. The van der Waals surface area contributed by atoms with Gasteiger partial charge in [0.2, 0.25) is 0 Å². The number of esters is 1. The lowest BCUT2D eigenvalue weighted by Crippen LogP contribution is -2.07. The van der Waals surface area contributed by atoms with Gasteiger partial charge in [-0.3, -0.25) is 10.1 Å². The van der Waals surface area contributed by atoms with E-state index < -0.39 is 10.9 Å². The number of para-hydroxylation sites is 1. The lowest BCUT2D eigenvalue weighted by Gasteiger charge is -2.04. The summed E-state index contributed by atoms with van der Waals surface area (Å²) in [5, 5.41) is 10.6. The number of unbranched alkanes of at least 4 members (excludes halogenated alkanes) is 1. The molecule has 0 aromatic heterocycles. The Morgan fingerprint density at radius 1 is 1.56 bits per heavy atom. The van der Waals surface area contributed by atoms with Crippen LogP contribution in [0.15, 0.2) is 30.4 Å². The van der Waals surface area contributed by atoms with E-state index in [0.29, 0.717) is 0 Å². The lowest BCUT2D eigenvalue weighted by atomic mass is 10.2. The van der Waals surface area contributed by atoms with Gasteiger partial charge >= 0.3 is 5.97 Å². The fourth-order valence-corrected chi connectivity index (χ4v) is 1.27. The number of carbonyl (C=O) groups excluding carboxylic acids is 1. The summed E-state index contributed by atoms with van der Waals surface area (Å²) >= 11 is 0. The number of nitro groups is 1. The highest BCUT2D eigenvalue weighted by Gasteiger charge is 2.16. The van der Waals surface area contributed by atoms with Crippen LogP contribution in [-0.2, 0) is 4.79 Å². The average Bonchev–Trinajstić information content (AvgIpc) is 2.32. The van der Waals surface area contributed by atoms with Gasteiger partial charge in [0.25, 0.3) is 5.69 Å². The van der Waals surface area contributed by atoms with Crippen molar-refractivity contribution in [3.8, 4) is 5.75 Å². The molecule has 0 bridgehead atoms. The maximum atomic E-state index is 11.4. The maximum absolute atomic E-state index is 11.4. The Bertz CT molecular complexity index is 483. The quantitative estimate of drug-likeness (QED) is 0.216. The van der Waals surface area contributed by atoms with E-state index in [0.717, 1.165) is 12.8 Å². The van der Waals surface area contributed by atoms with Crippen molar-refractivity contribution < 1.29 is 14.5 Å². The molecular weight excluding hydrogens is 236 g/mol. The van der Waals surface area contributed by atoms with Gasteiger partial charge in [-0.15, -0.1) is 0 Å². The maximum Gasteiger partial charge on any atom is 0.335 e. The van der Waals surface area contributed by atoms with Gasteiger partial charge in [-0.1, -0.05) is 25.5 Å².